The molecule has 0 aromatic carbocycles. The fourth-order valence-corrected chi connectivity index (χ4v) is 1.77. The van der Waals surface area contributed by atoms with Gasteiger partial charge in [-0.15, -0.1) is 5.10 Å². The van der Waals surface area contributed by atoms with Crippen molar-refractivity contribution in [1.29, 1.82) is 0 Å². The SMILES string of the molecule is CCC(CN)C(=O)c1c(Br)nnn1C. The molecule has 6 heteroatoms. The van der Waals surface area contributed by atoms with Gasteiger partial charge in [-0.25, -0.2) is 4.68 Å². The smallest absolute Gasteiger partial charge is 0.188 e. The Hall–Kier alpha value is -0.750. The molecule has 0 aliphatic carbocycles. The summed E-state index contributed by atoms with van der Waals surface area (Å²) >= 11 is 3.19. The summed E-state index contributed by atoms with van der Waals surface area (Å²) in [5.74, 6) is -0.155. The molecule has 0 amide bonds. The third-order valence-electron chi connectivity index (χ3n) is 2.17. The topological polar surface area (TPSA) is 73.8 Å². The third kappa shape index (κ3) is 2.01. The molecule has 0 bridgehead atoms. The normalized spacial score (nSPS) is 12.9. The summed E-state index contributed by atoms with van der Waals surface area (Å²) in [6, 6.07) is 0. The van der Waals surface area contributed by atoms with Gasteiger partial charge < -0.3 is 5.73 Å². The number of halogens is 1. The van der Waals surface area contributed by atoms with E-state index in [0.717, 1.165) is 6.42 Å². The second-order valence-corrected chi connectivity index (χ2v) is 3.81. The summed E-state index contributed by atoms with van der Waals surface area (Å²) in [5, 5.41) is 7.50. The third-order valence-corrected chi connectivity index (χ3v) is 2.70. The number of nitrogens with two attached hydrogens (primary N) is 1. The highest BCUT2D eigenvalue weighted by Crippen LogP contribution is 2.17. The van der Waals surface area contributed by atoms with Gasteiger partial charge >= 0.3 is 0 Å². The molecule has 5 nitrogen and oxygen atoms in total. The minimum atomic E-state index is -0.150. The van der Waals surface area contributed by atoms with Crippen molar-refractivity contribution in [3.8, 4) is 0 Å². The van der Waals surface area contributed by atoms with E-state index in [0.29, 0.717) is 16.8 Å². The van der Waals surface area contributed by atoms with Gasteiger partial charge in [0.2, 0.25) is 0 Å². The Morgan fingerprint density at radius 3 is 2.71 bits per heavy atom. The van der Waals surface area contributed by atoms with Crippen molar-refractivity contribution in [2.24, 2.45) is 18.7 Å². The van der Waals surface area contributed by atoms with Crippen LogP contribution in [0.2, 0.25) is 0 Å². The van der Waals surface area contributed by atoms with Gasteiger partial charge in [-0.1, -0.05) is 12.1 Å². The number of aromatic nitrogens is 3. The van der Waals surface area contributed by atoms with E-state index < -0.39 is 0 Å². The van der Waals surface area contributed by atoms with Crippen molar-refractivity contribution < 1.29 is 4.79 Å². The molecule has 1 unspecified atom stereocenters. The summed E-state index contributed by atoms with van der Waals surface area (Å²) in [7, 11) is 1.69. The molecule has 14 heavy (non-hydrogen) atoms. The van der Waals surface area contributed by atoms with E-state index in [1.54, 1.807) is 7.05 Å². The molecule has 0 fully saturated rings. The minimum Gasteiger partial charge on any atom is -0.330 e. The number of aryl methyl sites for hydroxylation is 1. The molecule has 1 aromatic heterocycles. The Labute approximate surface area is 90.8 Å². The van der Waals surface area contributed by atoms with Crippen molar-refractivity contribution in [3.05, 3.63) is 10.3 Å². The Bertz CT molecular complexity index is 313. The number of rotatable bonds is 4. The standard InChI is InChI=1S/C8H13BrN4O/c1-3-5(4-10)7(14)6-8(9)11-12-13(6)2/h5H,3-4,10H2,1-2H3. The molecule has 1 atom stereocenters. The van der Waals surface area contributed by atoms with Crippen LogP contribution in [0.15, 0.2) is 4.60 Å². The Morgan fingerprint density at radius 2 is 2.36 bits per heavy atom. The van der Waals surface area contributed by atoms with Gasteiger partial charge in [0.05, 0.1) is 0 Å². The van der Waals surface area contributed by atoms with Crippen molar-refractivity contribution in [3.63, 3.8) is 0 Å². The minimum absolute atomic E-state index is 0.00521. The maximum atomic E-state index is 11.9. The summed E-state index contributed by atoms with van der Waals surface area (Å²) in [5.41, 5.74) is 5.99. The van der Waals surface area contributed by atoms with Crippen LogP contribution in [0.3, 0.4) is 0 Å². The highest BCUT2D eigenvalue weighted by atomic mass is 79.9. The molecule has 0 saturated carbocycles. The van der Waals surface area contributed by atoms with Crippen LogP contribution < -0.4 is 5.73 Å². The van der Waals surface area contributed by atoms with Crippen molar-refractivity contribution in [2.45, 2.75) is 13.3 Å². The van der Waals surface area contributed by atoms with E-state index in [4.69, 9.17) is 5.73 Å². The molecule has 0 aliphatic heterocycles. The molecule has 2 N–H and O–H groups in total. The molecular weight excluding hydrogens is 248 g/mol. The number of carbonyl (C=O) groups is 1. The van der Waals surface area contributed by atoms with Crippen molar-refractivity contribution >= 4 is 21.7 Å². The number of carbonyl (C=O) groups excluding carboxylic acids is 1. The van der Waals surface area contributed by atoms with Crippen molar-refractivity contribution in [2.75, 3.05) is 6.54 Å². The van der Waals surface area contributed by atoms with E-state index in [9.17, 15) is 4.79 Å². The molecule has 1 rings (SSSR count). The number of nitrogens with zero attached hydrogens (tertiary/aromatic N) is 3. The first-order valence-corrected chi connectivity index (χ1v) is 5.20. The predicted molar refractivity (Wildman–Crippen MR) is 55.9 cm³/mol. The van der Waals surface area contributed by atoms with Crippen LogP contribution in [0.4, 0.5) is 0 Å². The molecule has 1 heterocycles. The van der Waals surface area contributed by atoms with Gasteiger partial charge in [0, 0.05) is 19.5 Å². The Balaban J connectivity index is 2.99. The first-order valence-electron chi connectivity index (χ1n) is 4.41. The van der Waals surface area contributed by atoms with Gasteiger partial charge in [-0.05, 0) is 22.4 Å². The second kappa shape index (κ2) is 4.65. The number of ketones is 1. The highest BCUT2D eigenvalue weighted by Gasteiger charge is 2.23. The molecular formula is C8H13BrN4O. The van der Waals surface area contributed by atoms with Gasteiger partial charge in [-0.2, -0.15) is 0 Å². The number of hydrogen-bond donors (Lipinski definition) is 1. The zero-order valence-corrected chi connectivity index (χ0v) is 9.78. The second-order valence-electron chi connectivity index (χ2n) is 3.06. The zero-order chi connectivity index (χ0) is 10.7. The first kappa shape index (κ1) is 11.3. The van der Waals surface area contributed by atoms with Gasteiger partial charge in [0.15, 0.2) is 10.4 Å². The molecule has 0 spiro atoms. The number of Topliss-reactive ketones (excluding diaryl/α,β-unsaturated/α-hetero) is 1. The fourth-order valence-electron chi connectivity index (χ4n) is 1.25. The largest absolute Gasteiger partial charge is 0.330 e. The molecule has 0 radical (unpaired) electrons. The van der Waals surface area contributed by atoms with Crippen LogP contribution in [0.25, 0.3) is 0 Å². The van der Waals surface area contributed by atoms with E-state index >= 15 is 0 Å². The zero-order valence-electron chi connectivity index (χ0n) is 8.20. The summed E-state index contributed by atoms with van der Waals surface area (Å²) in [6.45, 7) is 2.29. The Morgan fingerprint density at radius 1 is 1.71 bits per heavy atom. The quantitative estimate of drug-likeness (QED) is 0.811. The van der Waals surface area contributed by atoms with Crippen LogP contribution in [0.1, 0.15) is 23.8 Å². The Kier molecular flexibility index (Phi) is 3.77. The predicted octanol–water partition coefficient (Wildman–Crippen LogP) is 0.745. The summed E-state index contributed by atoms with van der Waals surface area (Å²) < 4.78 is 1.95. The van der Waals surface area contributed by atoms with Crippen LogP contribution >= 0.6 is 15.9 Å². The van der Waals surface area contributed by atoms with Gasteiger partial charge in [0.25, 0.3) is 0 Å². The average Bonchev–Trinajstić information content (AvgIpc) is 2.48. The molecule has 1 aromatic rings. The van der Waals surface area contributed by atoms with Crippen LogP contribution in [0.5, 0.6) is 0 Å². The van der Waals surface area contributed by atoms with Crippen LogP contribution in [-0.4, -0.2) is 27.3 Å². The summed E-state index contributed by atoms with van der Waals surface area (Å²) in [4.78, 5) is 11.9. The lowest BCUT2D eigenvalue weighted by Crippen LogP contribution is -2.25. The van der Waals surface area contributed by atoms with Crippen molar-refractivity contribution in [1.82, 2.24) is 15.0 Å². The highest BCUT2D eigenvalue weighted by molar-refractivity contribution is 9.10. The number of hydrogen-bond acceptors (Lipinski definition) is 4. The molecule has 78 valence electrons. The van der Waals surface area contributed by atoms with Gasteiger partial charge in [0.1, 0.15) is 5.69 Å². The average molecular weight is 261 g/mol. The van der Waals surface area contributed by atoms with Crippen LogP contribution in [0, 0.1) is 5.92 Å². The van der Waals surface area contributed by atoms with E-state index in [2.05, 4.69) is 26.2 Å². The lowest BCUT2D eigenvalue weighted by atomic mass is 9.99. The van der Waals surface area contributed by atoms with Crippen LogP contribution in [-0.2, 0) is 7.05 Å². The lowest BCUT2D eigenvalue weighted by Gasteiger charge is -2.10. The first-order chi connectivity index (χ1) is 6.61. The molecule has 0 saturated heterocycles. The van der Waals surface area contributed by atoms with E-state index in [1.807, 2.05) is 6.92 Å². The summed E-state index contributed by atoms with van der Waals surface area (Å²) in [6.07, 6.45) is 0.729. The maximum absolute atomic E-state index is 11.9. The lowest BCUT2D eigenvalue weighted by molar-refractivity contribution is 0.0911. The molecule has 0 aliphatic rings. The van der Waals surface area contributed by atoms with Gasteiger partial charge in [-0.3, -0.25) is 4.79 Å². The van der Waals surface area contributed by atoms with E-state index in [-0.39, 0.29) is 11.7 Å². The van der Waals surface area contributed by atoms with E-state index in [1.165, 1.54) is 4.68 Å². The fraction of sp³-hybridized carbons (Fsp3) is 0.625. The monoisotopic (exact) mass is 260 g/mol. The maximum Gasteiger partial charge on any atom is 0.188 e.